The Bertz CT molecular complexity index is 180. The summed E-state index contributed by atoms with van der Waals surface area (Å²) in [5.74, 6) is -0.824. The van der Waals surface area contributed by atoms with E-state index in [-0.39, 0.29) is 55.7 Å². The number of carbonyl (C=O) groups is 1. The fourth-order valence-electron chi connectivity index (χ4n) is 1.24. The number of rotatable bonds is 1. The van der Waals surface area contributed by atoms with E-state index in [9.17, 15) is 4.79 Å². The van der Waals surface area contributed by atoms with Gasteiger partial charge in [0, 0.05) is 6.54 Å². The van der Waals surface area contributed by atoms with E-state index in [0.717, 1.165) is 6.42 Å². The van der Waals surface area contributed by atoms with Gasteiger partial charge in [0.25, 0.3) is 0 Å². The van der Waals surface area contributed by atoms with Gasteiger partial charge in [0.1, 0.15) is 6.04 Å². The van der Waals surface area contributed by atoms with Gasteiger partial charge in [-0.3, -0.25) is 0 Å². The van der Waals surface area contributed by atoms with E-state index in [1.807, 2.05) is 0 Å². The Labute approximate surface area is 125 Å². The van der Waals surface area contributed by atoms with Crippen LogP contribution >= 0.6 is 12.2 Å². The first-order valence-corrected chi connectivity index (χ1v) is 4.15. The average molecular weight is 229 g/mol. The molecule has 1 atom stereocenters. The molecule has 1 heterocycles. The minimum Gasteiger partial charge on any atom is -0.480 e. The van der Waals surface area contributed by atoms with Crippen LogP contribution < -0.4 is 51.4 Å². The smallest absolute Gasteiger partial charge is 0.480 e. The van der Waals surface area contributed by atoms with Crippen LogP contribution in [0.1, 0.15) is 12.8 Å². The summed E-state index contributed by atoms with van der Waals surface area (Å²) >= 11 is 9.46. The predicted molar refractivity (Wildman–Crippen MR) is 47.3 cm³/mol. The summed E-state index contributed by atoms with van der Waals surface area (Å²) in [6.45, 7) is 0.694. The molecular formula is C6H8KNO2S2. The third-order valence-electron chi connectivity index (χ3n) is 1.77. The van der Waals surface area contributed by atoms with Crippen molar-refractivity contribution in [3.05, 3.63) is 0 Å². The molecule has 0 amide bonds. The van der Waals surface area contributed by atoms with Gasteiger partial charge in [-0.2, -0.15) is 0 Å². The molecule has 0 aliphatic carbocycles. The molecule has 1 rings (SSSR count). The van der Waals surface area contributed by atoms with Crippen molar-refractivity contribution in [1.29, 1.82) is 0 Å². The van der Waals surface area contributed by atoms with Gasteiger partial charge >= 0.3 is 57.4 Å². The van der Waals surface area contributed by atoms with Crippen LogP contribution in [0.15, 0.2) is 0 Å². The van der Waals surface area contributed by atoms with Crippen LogP contribution in [0, 0.1) is 0 Å². The number of thiocarbonyl (C=S) groups is 1. The summed E-state index contributed by atoms with van der Waals surface area (Å²) < 4.78 is 0.273. The predicted octanol–water partition coefficient (Wildman–Crippen LogP) is -2.63. The average Bonchev–Trinajstić information content (AvgIpc) is 2.32. The van der Waals surface area contributed by atoms with Crippen LogP contribution in [-0.4, -0.2) is 32.9 Å². The van der Waals surface area contributed by atoms with E-state index < -0.39 is 12.0 Å². The Kier molecular flexibility index (Phi) is 6.44. The number of likely N-dealkylation sites (tertiary alicyclic amines) is 1. The van der Waals surface area contributed by atoms with Crippen molar-refractivity contribution >= 4 is 35.1 Å². The van der Waals surface area contributed by atoms with Gasteiger partial charge in [-0.25, -0.2) is 4.79 Å². The second kappa shape index (κ2) is 5.84. The number of carboxylic acid groups (broad SMARTS) is 1. The standard InChI is InChI=1S/C6H9NO2S2.K/c8-5(9)4-2-1-3-7(4)6(10)11;/h4H,1-3H2,(H,8,9)(H,10,11);/q;+1/p-1/t4-;/m0./s1. The number of nitrogens with zero attached hydrogens (tertiary/aromatic N) is 1. The Balaban J connectivity index is 0.00000121. The first-order chi connectivity index (χ1) is 5.13. The van der Waals surface area contributed by atoms with Crippen LogP contribution in [0.25, 0.3) is 0 Å². The van der Waals surface area contributed by atoms with Gasteiger partial charge in [-0.05, 0) is 12.8 Å². The molecule has 62 valence electrons. The summed E-state index contributed by atoms with van der Waals surface area (Å²) in [7, 11) is 0. The Morgan fingerprint density at radius 3 is 2.58 bits per heavy atom. The molecule has 0 aromatic rings. The molecular weight excluding hydrogens is 221 g/mol. The molecule has 0 saturated carbocycles. The topological polar surface area (TPSA) is 40.5 Å². The van der Waals surface area contributed by atoms with Crippen LogP contribution in [0.4, 0.5) is 0 Å². The van der Waals surface area contributed by atoms with Gasteiger partial charge in [-0.15, -0.1) is 0 Å². The molecule has 0 unspecified atom stereocenters. The van der Waals surface area contributed by atoms with Crippen molar-refractivity contribution in [2.24, 2.45) is 0 Å². The Morgan fingerprint density at radius 2 is 2.25 bits per heavy atom. The largest absolute Gasteiger partial charge is 1.00 e. The van der Waals surface area contributed by atoms with Crippen molar-refractivity contribution in [2.45, 2.75) is 18.9 Å². The third kappa shape index (κ3) is 3.17. The summed E-state index contributed by atoms with van der Waals surface area (Å²) in [6, 6.07) is -0.472. The maximum Gasteiger partial charge on any atom is 1.00 e. The first-order valence-electron chi connectivity index (χ1n) is 3.33. The van der Waals surface area contributed by atoms with E-state index in [2.05, 4.69) is 0 Å². The van der Waals surface area contributed by atoms with Crippen molar-refractivity contribution in [3.63, 3.8) is 0 Å². The number of carboxylic acids is 1. The fourth-order valence-corrected chi connectivity index (χ4v) is 1.68. The van der Waals surface area contributed by atoms with E-state index in [1.165, 1.54) is 0 Å². The minimum atomic E-state index is -0.824. The molecule has 0 radical (unpaired) electrons. The van der Waals surface area contributed by atoms with E-state index >= 15 is 0 Å². The van der Waals surface area contributed by atoms with Crippen LogP contribution in [0.5, 0.6) is 0 Å². The molecule has 1 fully saturated rings. The quantitative estimate of drug-likeness (QED) is 0.303. The molecule has 1 N–H and O–H groups in total. The van der Waals surface area contributed by atoms with E-state index in [1.54, 1.807) is 4.90 Å². The second-order valence-corrected chi connectivity index (χ2v) is 3.49. The maximum absolute atomic E-state index is 10.6. The third-order valence-corrected chi connectivity index (χ3v) is 2.24. The number of hydrogen-bond donors (Lipinski definition) is 1. The van der Waals surface area contributed by atoms with Gasteiger partial charge in [-0.1, -0.05) is 4.32 Å². The SMILES string of the molecule is O=C(O)[C@@H]1CCCN1C(=S)[S-].[K+]. The first kappa shape index (κ1) is 13.2. The van der Waals surface area contributed by atoms with Gasteiger partial charge in [0.15, 0.2) is 0 Å². The molecule has 0 spiro atoms. The van der Waals surface area contributed by atoms with Crippen molar-refractivity contribution < 1.29 is 61.3 Å². The fraction of sp³-hybridized carbons (Fsp3) is 0.667. The zero-order valence-electron chi connectivity index (χ0n) is 6.82. The summed E-state index contributed by atoms with van der Waals surface area (Å²) in [4.78, 5) is 12.2. The minimum absolute atomic E-state index is 0. The Morgan fingerprint density at radius 1 is 1.67 bits per heavy atom. The molecule has 0 aromatic carbocycles. The molecule has 0 aromatic heterocycles. The second-order valence-electron chi connectivity index (χ2n) is 2.46. The zero-order chi connectivity index (χ0) is 8.43. The molecule has 3 nitrogen and oxygen atoms in total. The van der Waals surface area contributed by atoms with Crippen molar-refractivity contribution in [2.75, 3.05) is 6.54 Å². The molecule has 6 heteroatoms. The Hall–Kier alpha value is 1.22. The summed E-state index contributed by atoms with van der Waals surface area (Å²) in [5.41, 5.74) is 0. The monoisotopic (exact) mass is 229 g/mol. The van der Waals surface area contributed by atoms with Gasteiger partial charge in [0.2, 0.25) is 0 Å². The maximum atomic E-state index is 10.6. The molecule has 1 aliphatic rings. The van der Waals surface area contributed by atoms with Crippen LogP contribution in [0.3, 0.4) is 0 Å². The van der Waals surface area contributed by atoms with E-state index in [0.29, 0.717) is 13.0 Å². The van der Waals surface area contributed by atoms with Crippen molar-refractivity contribution in [3.8, 4) is 0 Å². The van der Waals surface area contributed by atoms with Gasteiger partial charge < -0.3 is 34.9 Å². The normalized spacial score (nSPS) is 21.7. The summed E-state index contributed by atoms with van der Waals surface area (Å²) in [6.07, 6.45) is 1.53. The molecule has 1 aliphatic heterocycles. The van der Waals surface area contributed by atoms with E-state index in [4.69, 9.17) is 30.0 Å². The zero-order valence-corrected chi connectivity index (χ0v) is 11.6. The number of aliphatic carboxylic acids is 1. The molecule has 0 bridgehead atoms. The molecule has 1 saturated heterocycles. The van der Waals surface area contributed by atoms with Crippen molar-refractivity contribution in [1.82, 2.24) is 4.90 Å². The summed E-state index contributed by atoms with van der Waals surface area (Å²) in [5, 5.41) is 8.68. The molecule has 12 heavy (non-hydrogen) atoms. The van der Waals surface area contributed by atoms with Gasteiger partial charge in [0.05, 0.1) is 0 Å². The van der Waals surface area contributed by atoms with Crippen LogP contribution in [-0.2, 0) is 17.4 Å². The van der Waals surface area contributed by atoms with Crippen LogP contribution in [0.2, 0.25) is 0 Å². The number of hydrogen-bond acceptors (Lipinski definition) is 3.